The van der Waals surface area contributed by atoms with Gasteiger partial charge in [0.25, 0.3) is 5.69 Å². The normalized spacial score (nSPS) is 10.5. The highest BCUT2D eigenvalue weighted by atomic mass is 16.6. The van der Waals surface area contributed by atoms with E-state index in [0.717, 1.165) is 22.1 Å². The van der Waals surface area contributed by atoms with Crippen molar-refractivity contribution in [3.05, 3.63) is 76.3 Å². The summed E-state index contributed by atoms with van der Waals surface area (Å²) in [6, 6.07) is 18.0. The molecule has 0 aliphatic heterocycles. The van der Waals surface area contributed by atoms with E-state index in [4.69, 9.17) is 9.47 Å². The molecule has 0 aromatic heterocycles. The molecule has 23 heavy (non-hydrogen) atoms. The number of hydrogen-bond acceptors (Lipinski definition) is 4. The van der Waals surface area contributed by atoms with Gasteiger partial charge in [-0.3, -0.25) is 10.1 Å². The molecule has 0 saturated heterocycles. The number of fused-ring (bicyclic) bond motifs is 1. The van der Waals surface area contributed by atoms with Gasteiger partial charge in [0.05, 0.1) is 12.0 Å². The Morgan fingerprint density at radius 1 is 0.957 bits per heavy atom. The lowest BCUT2D eigenvalue weighted by atomic mass is 10.1. The molecule has 0 amide bonds. The maximum Gasteiger partial charge on any atom is 0.269 e. The van der Waals surface area contributed by atoms with Crippen molar-refractivity contribution < 1.29 is 14.4 Å². The van der Waals surface area contributed by atoms with Crippen LogP contribution in [0.4, 0.5) is 5.69 Å². The van der Waals surface area contributed by atoms with Gasteiger partial charge in [-0.2, -0.15) is 0 Å². The van der Waals surface area contributed by atoms with Crippen molar-refractivity contribution in [1.29, 1.82) is 0 Å². The molecule has 0 atom stereocenters. The minimum Gasteiger partial charge on any atom is -0.497 e. The van der Waals surface area contributed by atoms with Crippen molar-refractivity contribution >= 4 is 16.5 Å². The minimum absolute atomic E-state index is 0.0642. The summed E-state index contributed by atoms with van der Waals surface area (Å²) in [5.41, 5.74) is 0.819. The van der Waals surface area contributed by atoms with Gasteiger partial charge in [-0.05, 0) is 40.6 Å². The lowest BCUT2D eigenvalue weighted by Crippen LogP contribution is -1.97. The van der Waals surface area contributed by atoms with Crippen LogP contribution in [0.1, 0.15) is 5.56 Å². The second-order valence-electron chi connectivity index (χ2n) is 5.09. The van der Waals surface area contributed by atoms with Crippen molar-refractivity contribution in [1.82, 2.24) is 0 Å². The zero-order valence-electron chi connectivity index (χ0n) is 12.6. The number of nitrogens with zero attached hydrogens (tertiary/aromatic N) is 1. The Labute approximate surface area is 133 Å². The van der Waals surface area contributed by atoms with Crippen LogP contribution in [0.15, 0.2) is 60.7 Å². The molecule has 0 aliphatic carbocycles. The predicted octanol–water partition coefficient (Wildman–Crippen LogP) is 4.34. The van der Waals surface area contributed by atoms with Crippen LogP contribution in [0.5, 0.6) is 11.5 Å². The summed E-state index contributed by atoms with van der Waals surface area (Å²) in [5, 5.41) is 12.9. The lowest BCUT2D eigenvalue weighted by molar-refractivity contribution is -0.384. The average molecular weight is 309 g/mol. The van der Waals surface area contributed by atoms with E-state index in [9.17, 15) is 10.1 Å². The molecule has 0 heterocycles. The van der Waals surface area contributed by atoms with Gasteiger partial charge in [-0.25, -0.2) is 0 Å². The molecule has 0 fully saturated rings. The molecule has 116 valence electrons. The number of nitro groups is 1. The van der Waals surface area contributed by atoms with Gasteiger partial charge in [0, 0.05) is 12.1 Å². The molecule has 0 bridgehead atoms. The van der Waals surface area contributed by atoms with Crippen LogP contribution in [0.3, 0.4) is 0 Å². The number of benzene rings is 3. The van der Waals surface area contributed by atoms with Crippen LogP contribution in [0.25, 0.3) is 10.8 Å². The SMILES string of the molecule is COc1ccc2ccc(OCc3cccc([N+](=O)[O-])c3)cc2c1. The maximum absolute atomic E-state index is 10.8. The Morgan fingerprint density at radius 3 is 2.43 bits per heavy atom. The molecule has 5 nitrogen and oxygen atoms in total. The van der Waals surface area contributed by atoms with Crippen LogP contribution < -0.4 is 9.47 Å². The van der Waals surface area contributed by atoms with E-state index in [2.05, 4.69) is 0 Å². The van der Waals surface area contributed by atoms with E-state index >= 15 is 0 Å². The number of ether oxygens (including phenoxy) is 2. The first-order chi connectivity index (χ1) is 11.2. The van der Waals surface area contributed by atoms with Gasteiger partial charge in [0.1, 0.15) is 18.1 Å². The first-order valence-corrected chi connectivity index (χ1v) is 7.09. The van der Waals surface area contributed by atoms with E-state index in [1.54, 1.807) is 19.2 Å². The van der Waals surface area contributed by atoms with Gasteiger partial charge < -0.3 is 9.47 Å². The third-order valence-electron chi connectivity index (χ3n) is 3.55. The third kappa shape index (κ3) is 3.40. The predicted molar refractivity (Wildman–Crippen MR) is 87.9 cm³/mol. The zero-order chi connectivity index (χ0) is 16.2. The quantitative estimate of drug-likeness (QED) is 0.519. The summed E-state index contributed by atoms with van der Waals surface area (Å²) < 4.78 is 11.0. The van der Waals surface area contributed by atoms with E-state index in [1.165, 1.54) is 12.1 Å². The largest absolute Gasteiger partial charge is 0.497 e. The van der Waals surface area contributed by atoms with Gasteiger partial charge in [0.15, 0.2) is 0 Å². The molecule has 3 rings (SSSR count). The van der Waals surface area contributed by atoms with E-state index < -0.39 is 4.92 Å². The van der Waals surface area contributed by atoms with Crippen LogP contribution in [-0.2, 0) is 6.61 Å². The first kappa shape index (κ1) is 14.8. The second-order valence-corrected chi connectivity index (χ2v) is 5.09. The topological polar surface area (TPSA) is 61.6 Å². The molecule has 5 heteroatoms. The van der Waals surface area contributed by atoms with Crippen molar-refractivity contribution in [3.63, 3.8) is 0 Å². The zero-order valence-corrected chi connectivity index (χ0v) is 12.6. The van der Waals surface area contributed by atoms with Gasteiger partial charge >= 0.3 is 0 Å². The summed E-state index contributed by atoms with van der Waals surface area (Å²) in [7, 11) is 1.63. The number of nitro benzene ring substituents is 1. The number of hydrogen-bond donors (Lipinski definition) is 0. The Balaban J connectivity index is 1.78. The van der Waals surface area contributed by atoms with Crippen molar-refractivity contribution in [2.45, 2.75) is 6.61 Å². The molecule has 3 aromatic carbocycles. The molecule has 0 unspecified atom stereocenters. The smallest absolute Gasteiger partial charge is 0.269 e. The maximum atomic E-state index is 10.8. The number of methoxy groups -OCH3 is 1. The van der Waals surface area contributed by atoms with Gasteiger partial charge in [-0.15, -0.1) is 0 Å². The summed E-state index contributed by atoms with van der Waals surface area (Å²) in [5.74, 6) is 1.49. The van der Waals surface area contributed by atoms with Crippen LogP contribution in [-0.4, -0.2) is 12.0 Å². The molecule has 3 aromatic rings. The van der Waals surface area contributed by atoms with Crippen LogP contribution >= 0.6 is 0 Å². The minimum atomic E-state index is -0.411. The molecular weight excluding hydrogens is 294 g/mol. The van der Waals surface area contributed by atoms with E-state index in [1.807, 2.05) is 36.4 Å². The highest BCUT2D eigenvalue weighted by Gasteiger charge is 2.06. The first-order valence-electron chi connectivity index (χ1n) is 7.09. The van der Waals surface area contributed by atoms with Crippen molar-refractivity contribution in [2.24, 2.45) is 0 Å². The van der Waals surface area contributed by atoms with Crippen LogP contribution in [0, 0.1) is 10.1 Å². The Bertz CT molecular complexity index is 861. The Hall–Kier alpha value is -3.08. The van der Waals surface area contributed by atoms with E-state index in [0.29, 0.717) is 5.75 Å². The second kappa shape index (κ2) is 6.36. The molecule has 0 radical (unpaired) electrons. The van der Waals surface area contributed by atoms with Gasteiger partial charge in [-0.1, -0.05) is 24.3 Å². The Morgan fingerprint density at radius 2 is 1.70 bits per heavy atom. The monoisotopic (exact) mass is 309 g/mol. The number of non-ortho nitro benzene ring substituents is 1. The summed E-state index contributed by atoms with van der Waals surface area (Å²) in [6.45, 7) is 0.275. The van der Waals surface area contributed by atoms with Gasteiger partial charge in [0.2, 0.25) is 0 Å². The molecule has 0 spiro atoms. The standard InChI is InChI=1S/C18H15NO4/c1-22-17-7-5-14-6-8-18(11-15(14)10-17)23-12-13-3-2-4-16(9-13)19(20)21/h2-11H,12H2,1H3. The van der Waals surface area contributed by atoms with Crippen LogP contribution in [0.2, 0.25) is 0 Å². The fourth-order valence-corrected chi connectivity index (χ4v) is 2.35. The molecule has 0 N–H and O–H groups in total. The highest BCUT2D eigenvalue weighted by molar-refractivity contribution is 5.85. The van der Waals surface area contributed by atoms with Crippen molar-refractivity contribution in [2.75, 3.05) is 7.11 Å². The Kier molecular flexibility index (Phi) is 4.10. The fraction of sp³-hybridized carbons (Fsp3) is 0.111. The van der Waals surface area contributed by atoms with Crippen molar-refractivity contribution in [3.8, 4) is 11.5 Å². The third-order valence-corrected chi connectivity index (χ3v) is 3.55. The molecule has 0 aliphatic rings. The summed E-state index contributed by atoms with van der Waals surface area (Å²) in [6.07, 6.45) is 0. The van der Waals surface area contributed by atoms with E-state index in [-0.39, 0.29) is 12.3 Å². The summed E-state index contributed by atoms with van der Waals surface area (Å²) >= 11 is 0. The molecule has 0 saturated carbocycles. The number of rotatable bonds is 5. The molecular formula is C18H15NO4. The average Bonchev–Trinajstić information content (AvgIpc) is 2.59. The highest BCUT2D eigenvalue weighted by Crippen LogP contribution is 2.25. The summed E-state index contributed by atoms with van der Waals surface area (Å²) in [4.78, 5) is 10.4. The lowest BCUT2D eigenvalue weighted by Gasteiger charge is -2.08. The fourth-order valence-electron chi connectivity index (χ4n) is 2.35.